The Kier molecular flexibility index (Phi) is 7.12. The molecule has 1 heterocycles. The van der Waals surface area contributed by atoms with Gasteiger partial charge in [-0.1, -0.05) is 62.7 Å². The zero-order chi connectivity index (χ0) is 18.9. The maximum atomic E-state index is 6.02. The highest BCUT2D eigenvalue weighted by Crippen LogP contribution is 2.36. The van der Waals surface area contributed by atoms with Crippen molar-refractivity contribution in [2.45, 2.75) is 46.5 Å². The van der Waals surface area contributed by atoms with Crippen LogP contribution in [0.25, 0.3) is 0 Å². The Hall–Kier alpha value is -1.36. The van der Waals surface area contributed by atoms with E-state index in [4.69, 9.17) is 16.6 Å². The summed E-state index contributed by atoms with van der Waals surface area (Å²) in [5.41, 5.74) is 6.03. The van der Waals surface area contributed by atoms with E-state index >= 15 is 0 Å². The quantitative estimate of drug-likeness (QED) is 0.428. The molecule has 3 aromatic rings. The maximum absolute atomic E-state index is 6.02. The number of thiazole rings is 1. The summed E-state index contributed by atoms with van der Waals surface area (Å²) in [7, 11) is 0. The molecule has 1 N–H and O–H groups in total. The summed E-state index contributed by atoms with van der Waals surface area (Å²) in [5.74, 6) is 0. The molecule has 2 nitrogen and oxygen atoms in total. The number of hydrogen-bond donors (Lipinski definition) is 1. The van der Waals surface area contributed by atoms with E-state index in [1.165, 1.54) is 21.6 Å². The van der Waals surface area contributed by atoms with Crippen molar-refractivity contribution in [2.75, 3.05) is 5.32 Å². The number of anilines is 2. The fourth-order valence-corrected chi connectivity index (χ4v) is 4.35. The van der Waals surface area contributed by atoms with E-state index in [1.807, 2.05) is 12.1 Å². The molecule has 0 radical (unpaired) electrons. The van der Waals surface area contributed by atoms with E-state index in [1.54, 1.807) is 11.3 Å². The van der Waals surface area contributed by atoms with Crippen LogP contribution in [0.3, 0.4) is 0 Å². The summed E-state index contributed by atoms with van der Waals surface area (Å²) < 4.78 is 0. The third kappa shape index (κ3) is 5.34. The minimum absolute atomic E-state index is 0. The van der Waals surface area contributed by atoms with Crippen LogP contribution in [0.5, 0.6) is 0 Å². The number of hydrogen-bond acceptors (Lipinski definition) is 3. The Bertz CT molecular complexity index is 891. The lowest BCUT2D eigenvalue weighted by atomic mass is 9.90. The van der Waals surface area contributed by atoms with Gasteiger partial charge in [0.2, 0.25) is 0 Å². The largest absolute Gasteiger partial charge is 0.331 e. The highest BCUT2D eigenvalue weighted by Gasteiger charge is 2.23. The molecule has 0 spiro atoms. The van der Waals surface area contributed by atoms with Gasteiger partial charge in [0.05, 0.1) is 5.69 Å². The molecule has 1 aromatic heterocycles. The lowest BCUT2D eigenvalue weighted by molar-refractivity contribution is 0.568. The minimum atomic E-state index is -0.00103. The van der Waals surface area contributed by atoms with Crippen LogP contribution in [-0.4, -0.2) is 4.98 Å². The van der Waals surface area contributed by atoms with Gasteiger partial charge in [-0.05, 0) is 42.7 Å². The predicted octanol–water partition coefficient (Wildman–Crippen LogP) is 7.62. The zero-order valence-corrected chi connectivity index (χ0v) is 19.7. The van der Waals surface area contributed by atoms with Gasteiger partial charge in [0.1, 0.15) is 0 Å². The minimum Gasteiger partial charge on any atom is -0.331 e. The van der Waals surface area contributed by atoms with Crippen molar-refractivity contribution >= 4 is 50.7 Å². The van der Waals surface area contributed by atoms with Crippen molar-refractivity contribution in [2.24, 2.45) is 0 Å². The predicted molar refractivity (Wildman–Crippen MR) is 125 cm³/mol. The Morgan fingerprint density at radius 3 is 2.15 bits per heavy atom. The van der Waals surface area contributed by atoms with Crippen LogP contribution in [0.2, 0.25) is 5.02 Å². The Morgan fingerprint density at radius 1 is 1.00 bits per heavy atom. The third-order valence-electron chi connectivity index (χ3n) is 4.40. The van der Waals surface area contributed by atoms with E-state index in [-0.39, 0.29) is 22.4 Å². The fourth-order valence-electron chi connectivity index (χ4n) is 3.02. The highest BCUT2D eigenvalue weighted by molar-refractivity contribution is 8.93. The van der Waals surface area contributed by atoms with E-state index in [0.717, 1.165) is 28.0 Å². The van der Waals surface area contributed by atoms with E-state index in [2.05, 4.69) is 70.3 Å². The van der Waals surface area contributed by atoms with Gasteiger partial charge < -0.3 is 5.32 Å². The number of benzene rings is 2. The van der Waals surface area contributed by atoms with Gasteiger partial charge in [-0.25, -0.2) is 4.98 Å². The first-order chi connectivity index (χ1) is 12.2. The smallest absolute Gasteiger partial charge is 0.187 e. The normalized spacial score (nSPS) is 11.2. The van der Waals surface area contributed by atoms with Crippen molar-refractivity contribution < 1.29 is 0 Å². The van der Waals surface area contributed by atoms with E-state index < -0.39 is 0 Å². The standard InChI is InChI=1S/C22H25ClN2S.BrH/c1-14-7-6-8-15(2)19(14)24-21-25-20(22(3,4)5)18(26-21)13-16-9-11-17(23)12-10-16;/h6-12H,13H2,1-5H3,(H,24,25);1H. The molecule has 5 heteroatoms. The summed E-state index contributed by atoms with van der Waals surface area (Å²) in [6, 6.07) is 14.4. The van der Waals surface area contributed by atoms with Crippen LogP contribution >= 0.6 is 39.9 Å². The second-order valence-corrected chi connectivity index (χ2v) is 9.26. The van der Waals surface area contributed by atoms with Crippen molar-refractivity contribution in [1.82, 2.24) is 4.98 Å². The molecule has 0 saturated carbocycles. The molecule has 0 atom stereocenters. The SMILES string of the molecule is Br.Cc1cccc(C)c1Nc1nc(C(C)(C)C)c(Cc2ccc(Cl)cc2)s1. The van der Waals surface area contributed by atoms with E-state index in [9.17, 15) is 0 Å². The molecular weight excluding hydrogens is 440 g/mol. The molecular formula is C22H26BrClN2S. The lowest BCUT2D eigenvalue weighted by Crippen LogP contribution is -2.14. The van der Waals surface area contributed by atoms with Crippen LogP contribution in [0, 0.1) is 13.8 Å². The molecule has 0 saturated heterocycles. The number of para-hydroxylation sites is 1. The second kappa shape index (κ2) is 8.76. The van der Waals surface area contributed by atoms with Crippen LogP contribution in [0.15, 0.2) is 42.5 Å². The number of halogens is 2. The zero-order valence-electron chi connectivity index (χ0n) is 16.4. The Labute approximate surface area is 181 Å². The molecule has 0 fully saturated rings. The van der Waals surface area contributed by atoms with Gasteiger partial charge in [0, 0.05) is 27.4 Å². The first-order valence-corrected chi connectivity index (χ1v) is 10.0. The number of nitrogens with one attached hydrogen (secondary N) is 1. The monoisotopic (exact) mass is 464 g/mol. The molecule has 144 valence electrons. The van der Waals surface area contributed by atoms with Gasteiger partial charge in [0.25, 0.3) is 0 Å². The molecule has 0 aliphatic heterocycles. The summed E-state index contributed by atoms with van der Waals surface area (Å²) >= 11 is 7.77. The van der Waals surface area contributed by atoms with Crippen molar-refractivity contribution in [3.05, 3.63) is 74.7 Å². The van der Waals surface area contributed by atoms with Crippen LogP contribution in [0.1, 0.15) is 48.0 Å². The molecule has 0 aliphatic rings. The molecule has 0 aliphatic carbocycles. The van der Waals surface area contributed by atoms with Gasteiger partial charge in [-0.15, -0.1) is 28.3 Å². The highest BCUT2D eigenvalue weighted by atomic mass is 79.9. The van der Waals surface area contributed by atoms with Gasteiger partial charge in [-0.3, -0.25) is 0 Å². The molecule has 0 unspecified atom stereocenters. The Morgan fingerprint density at radius 2 is 1.59 bits per heavy atom. The van der Waals surface area contributed by atoms with Crippen molar-refractivity contribution in [1.29, 1.82) is 0 Å². The lowest BCUT2D eigenvalue weighted by Gasteiger charge is -2.17. The molecule has 0 bridgehead atoms. The third-order valence-corrected chi connectivity index (χ3v) is 5.62. The van der Waals surface area contributed by atoms with Crippen LogP contribution in [0.4, 0.5) is 10.8 Å². The van der Waals surface area contributed by atoms with Gasteiger partial charge in [-0.2, -0.15) is 0 Å². The van der Waals surface area contributed by atoms with Crippen molar-refractivity contribution in [3.63, 3.8) is 0 Å². The average molecular weight is 466 g/mol. The molecule has 27 heavy (non-hydrogen) atoms. The van der Waals surface area contributed by atoms with Crippen LogP contribution in [-0.2, 0) is 11.8 Å². The molecule has 3 rings (SSSR count). The molecule has 2 aromatic carbocycles. The maximum Gasteiger partial charge on any atom is 0.187 e. The topological polar surface area (TPSA) is 24.9 Å². The van der Waals surface area contributed by atoms with Crippen LogP contribution < -0.4 is 5.32 Å². The number of aromatic nitrogens is 1. The van der Waals surface area contributed by atoms with E-state index in [0.29, 0.717) is 0 Å². The Balaban J connectivity index is 0.00000261. The van der Waals surface area contributed by atoms with Gasteiger partial charge >= 0.3 is 0 Å². The summed E-state index contributed by atoms with van der Waals surface area (Å²) in [4.78, 5) is 6.25. The average Bonchev–Trinajstić information content (AvgIpc) is 2.96. The number of rotatable bonds is 4. The second-order valence-electron chi connectivity index (χ2n) is 7.74. The summed E-state index contributed by atoms with van der Waals surface area (Å²) in [5, 5.41) is 5.28. The molecule has 0 amide bonds. The summed E-state index contributed by atoms with van der Waals surface area (Å²) in [6.07, 6.45) is 0.871. The van der Waals surface area contributed by atoms with Gasteiger partial charge in [0.15, 0.2) is 5.13 Å². The number of aryl methyl sites for hydroxylation is 2. The fraction of sp³-hybridized carbons (Fsp3) is 0.318. The first kappa shape index (κ1) is 21.9. The van der Waals surface area contributed by atoms with Crippen molar-refractivity contribution in [3.8, 4) is 0 Å². The summed E-state index contributed by atoms with van der Waals surface area (Å²) in [6.45, 7) is 10.9. The number of nitrogens with zero attached hydrogens (tertiary/aromatic N) is 1. The first-order valence-electron chi connectivity index (χ1n) is 8.82.